The Balaban J connectivity index is 1.82. The first-order chi connectivity index (χ1) is 12.3. The van der Waals surface area contributed by atoms with Crippen LogP contribution in [0.25, 0.3) is 0 Å². The predicted molar refractivity (Wildman–Crippen MR) is 105 cm³/mol. The third-order valence-electron chi connectivity index (χ3n) is 4.84. The van der Waals surface area contributed by atoms with Crippen LogP contribution in [0.2, 0.25) is 0 Å². The number of benzene rings is 2. The fourth-order valence-corrected chi connectivity index (χ4v) is 4.86. The Morgan fingerprint density at radius 1 is 0.962 bits per heavy atom. The number of amides is 1. The van der Waals surface area contributed by atoms with Crippen LogP contribution in [-0.2, 0) is 10.0 Å². The summed E-state index contributed by atoms with van der Waals surface area (Å²) in [7, 11) is -3.26. The quantitative estimate of drug-likeness (QED) is 0.891. The van der Waals surface area contributed by atoms with Crippen LogP contribution in [0, 0.1) is 20.8 Å². The smallest absolute Gasteiger partial charge is 0.255 e. The molecule has 0 atom stereocenters. The molecule has 5 nitrogen and oxygen atoms in total. The van der Waals surface area contributed by atoms with Crippen molar-refractivity contribution in [1.29, 1.82) is 0 Å². The Kier molecular flexibility index (Phi) is 5.05. The van der Waals surface area contributed by atoms with Gasteiger partial charge in [-0.15, -0.1) is 0 Å². The molecule has 0 spiro atoms. The summed E-state index contributed by atoms with van der Waals surface area (Å²) in [5, 5.41) is 2.90. The van der Waals surface area contributed by atoms with Gasteiger partial charge in [0.2, 0.25) is 10.0 Å². The van der Waals surface area contributed by atoms with Crippen molar-refractivity contribution in [1.82, 2.24) is 0 Å². The second-order valence-corrected chi connectivity index (χ2v) is 8.86. The van der Waals surface area contributed by atoms with Gasteiger partial charge >= 0.3 is 0 Å². The van der Waals surface area contributed by atoms with Crippen molar-refractivity contribution in [2.45, 2.75) is 33.6 Å². The molecule has 0 aliphatic carbocycles. The number of carbonyl (C=O) groups excluding carboxylic acids is 1. The summed E-state index contributed by atoms with van der Waals surface area (Å²) in [6.45, 7) is 6.37. The van der Waals surface area contributed by atoms with Gasteiger partial charge in [0.15, 0.2) is 0 Å². The van der Waals surface area contributed by atoms with E-state index in [9.17, 15) is 13.2 Å². The molecule has 3 rings (SSSR count). The second-order valence-electron chi connectivity index (χ2n) is 6.85. The molecule has 26 heavy (non-hydrogen) atoms. The van der Waals surface area contributed by atoms with E-state index in [0.717, 1.165) is 23.2 Å². The molecular weight excluding hydrogens is 348 g/mol. The van der Waals surface area contributed by atoms with Crippen LogP contribution in [0.15, 0.2) is 36.4 Å². The van der Waals surface area contributed by atoms with Gasteiger partial charge in [0, 0.05) is 17.8 Å². The van der Waals surface area contributed by atoms with Gasteiger partial charge in [-0.1, -0.05) is 6.07 Å². The molecular formula is C20H24N2O3S. The maximum absolute atomic E-state index is 12.5. The number of sulfonamides is 1. The van der Waals surface area contributed by atoms with Crippen LogP contribution in [0.3, 0.4) is 0 Å². The van der Waals surface area contributed by atoms with Crippen LogP contribution in [-0.4, -0.2) is 26.6 Å². The van der Waals surface area contributed by atoms with Crippen LogP contribution in [0.1, 0.15) is 39.9 Å². The third kappa shape index (κ3) is 3.75. The van der Waals surface area contributed by atoms with Crippen molar-refractivity contribution >= 4 is 27.3 Å². The van der Waals surface area contributed by atoms with Gasteiger partial charge in [-0.05, 0) is 80.6 Å². The van der Waals surface area contributed by atoms with Gasteiger partial charge in [0.1, 0.15) is 0 Å². The fourth-order valence-electron chi connectivity index (χ4n) is 3.16. The van der Waals surface area contributed by atoms with Gasteiger partial charge in [-0.3, -0.25) is 9.10 Å². The van der Waals surface area contributed by atoms with Crippen molar-refractivity contribution in [3.05, 3.63) is 58.7 Å². The summed E-state index contributed by atoms with van der Waals surface area (Å²) in [6.07, 6.45) is 1.56. The zero-order valence-electron chi connectivity index (χ0n) is 15.4. The predicted octanol–water partition coefficient (Wildman–Crippen LogP) is 3.79. The molecule has 0 saturated carbocycles. The average Bonchev–Trinajstić information content (AvgIpc) is 2.58. The monoisotopic (exact) mass is 372 g/mol. The summed E-state index contributed by atoms with van der Waals surface area (Å²) < 4.78 is 26.1. The highest BCUT2D eigenvalue weighted by Gasteiger charge is 2.27. The molecule has 1 heterocycles. The Bertz CT molecular complexity index is 952. The summed E-state index contributed by atoms with van der Waals surface area (Å²) >= 11 is 0. The molecule has 0 aromatic heterocycles. The first-order valence-corrected chi connectivity index (χ1v) is 10.4. The molecule has 1 N–H and O–H groups in total. The fraction of sp³-hybridized carbons (Fsp3) is 0.350. The highest BCUT2D eigenvalue weighted by Crippen LogP contribution is 2.28. The molecule has 1 fully saturated rings. The lowest BCUT2D eigenvalue weighted by Gasteiger charge is -2.29. The van der Waals surface area contributed by atoms with Crippen molar-refractivity contribution < 1.29 is 13.2 Å². The van der Waals surface area contributed by atoms with E-state index in [1.54, 1.807) is 18.2 Å². The maximum atomic E-state index is 12.5. The third-order valence-corrected chi connectivity index (χ3v) is 6.70. The standard InChI is InChI=1S/C20H24N2O3S/c1-14-6-8-18(13-15(14)2)21-20(23)17-7-9-19(16(3)12-17)22-10-4-5-11-26(22,24)25/h6-9,12-13H,4-5,10-11H2,1-3H3,(H,21,23). The van der Waals surface area contributed by atoms with E-state index < -0.39 is 10.0 Å². The van der Waals surface area contributed by atoms with Crippen molar-refractivity contribution in [2.24, 2.45) is 0 Å². The molecule has 0 bridgehead atoms. The number of nitrogens with one attached hydrogen (secondary N) is 1. The van der Waals surface area contributed by atoms with Crippen LogP contribution >= 0.6 is 0 Å². The number of aryl methyl sites for hydroxylation is 3. The Labute approximate surface area is 155 Å². The molecule has 1 saturated heterocycles. The van der Waals surface area contributed by atoms with Crippen molar-refractivity contribution in [2.75, 3.05) is 21.9 Å². The molecule has 0 unspecified atom stereocenters. The van der Waals surface area contributed by atoms with E-state index in [2.05, 4.69) is 5.32 Å². The maximum Gasteiger partial charge on any atom is 0.255 e. The van der Waals surface area contributed by atoms with Crippen LogP contribution < -0.4 is 9.62 Å². The van der Waals surface area contributed by atoms with E-state index in [1.165, 1.54) is 9.87 Å². The van der Waals surface area contributed by atoms with Crippen LogP contribution in [0.5, 0.6) is 0 Å². The summed E-state index contributed by atoms with van der Waals surface area (Å²) in [5.41, 5.74) is 4.99. The van der Waals surface area contributed by atoms with Gasteiger partial charge in [-0.2, -0.15) is 0 Å². The number of nitrogens with zero attached hydrogens (tertiary/aromatic N) is 1. The lowest BCUT2D eigenvalue weighted by molar-refractivity contribution is 0.102. The second kappa shape index (κ2) is 7.11. The number of carbonyl (C=O) groups is 1. The largest absolute Gasteiger partial charge is 0.322 e. The number of hydrogen-bond donors (Lipinski definition) is 1. The normalized spacial score (nSPS) is 16.3. The summed E-state index contributed by atoms with van der Waals surface area (Å²) in [6, 6.07) is 10.9. The highest BCUT2D eigenvalue weighted by atomic mass is 32.2. The first-order valence-electron chi connectivity index (χ1n) is 8.77. The summed E-state index contributed by atoms with van der Waals surface area (Å²) in [4.78, 5) is 12.5. The first kappa shape index (κ1) is 18.5. The van der Waals surface area contributed by atoms with E-state index in [4.69, 9.17) is 0 Å². The lowest BCUT2D eigenvalue weighted by Crippen LogP contribution is -2.38. The number of hydrogen-bond acceptors (Lipinski definition) is 3. The Hall–Kier alpha value is -2.34. The van der Waals surface area contributed by atoms with E-state index in [-0.39, 0.29) is 11.7 Å². The minimum Gasteiger partial charge on any atom is -0.322 e. The minimum absolute atomic E-state index is 0.182. The molecule has 2 aromatic rings. The summed E-state index contributed by atoms with van der Waals surface area (Å²) in [5.74, 6) is -0.0223. The molecule has 2 aromatic carbocycles. The average molecular weight is 372 g/mol. The number of rotatable bonds is 3. The zero-order valence-corrected chi connectivity index (χ0v) is 16.2. The number of anilines is 2. The van der Waals surface area contributed by atoms with Crippen LogP contribution in [0.4, 0.5) is 11.4 Å². The Morgan fingerprint density at radius 3 is 2.38 bits per heavy atom. The van der Waals surface area contributed by atoms with E-state index in [1.807, 2.05) is 39.0 Å². The molecule has 6 heteroatoms. The molecule has 1 aliphatic rings. The zero-order chi connectivity index (χ0) is 18.9. The van der Waals surface area contributed by atoms with Gasteiger partial charge in [0.05, 0.1) is 11.4 Å². The van der Waals surface area contributed by atoms with Crippen molar-refractivity contribution in [3.63, 3.8) is 0 Å². The van der Waals surface area contributed by atoms with E-state index in [0.29, 0.717) is 24.2 Å². The minimum atomic E-state index is -3.26. The molecule has 138 valence electrons. The Morgan fingerprint density at radius 2 is 1.73 bits per heavy atom. The SMILES string of the molecule is Cc1ccc(NC(=O)c2ccc(N3CCCCS3(=O)=O)c(C)c2)cc1C. The molecule has 1 amide bonds. The van der Waals surface area contributed by atoms with Gasteiger partial charge in [0.25, 0.3) is 5.91 Å². The molecule has 0 radical (unpaired) electrons. The van der Waals surface area contributed by atoms with E-state index >= 15 is 0 Å². The van der Waals surface area contributed by atoms with Gasteiger partial charge in [-0.25, -0.2) is 8.42 Å². The molecule has 1 aliphatic heterocycles. The highest BCUT2D eigenvalue weighted by molar-refractivity contribution is 7.92. The van der Waals surface area contributed by atoms with Gasteiger partial charge < -0.3 is 5.32 Å². The van der Waals surface area contributed by atoms with Crippen molar-refractivity contribution in [3.8, 4) is 0 Å². The topological polar surface area (TPSA) is 66.5 Å². The lowest BCUT2D eigenvalue weighted by atomic mass is 10.1.